The van der Waals surface area contributed by atoms with Crippen molar-refractivity contribution in [2.45, 2.75) is 0 Å². The summed E-state index contributed by atoms with van der Waals surface area (Å²) < 4.78 is 12.6. The fourth-order valence-electron chi connectivity index (χ4n) is 17.6. The van der Waals surface area contributed by atoms with Crippen molar-refractivity contribution in [1.82, 2.24) is 0 Å². The van der Waals surface area contributed by atoms with Gasteiger partial charge in [-0.2, -0.15) is 0 Å². The van der Waals surface area contributed by atoms with Gasteiger partial charge in [-0.15, -0.1) is 22.7 Å². The summed E-state index contributed by atoms with van der Waals surface area (Å²) in [6.45, 7) is -0.525. The van der Waals surface area contributed by atoms with Crippen LogP contribution in [0.4, 0.5) is 85.3 Å². The van der Waals surface area contributed by atoms with Crippen LogP contribution in [0.2, 0.25) is 0 Å². The first-order valence-electron chi connectivity index (χ1n) is 36.3. The van der Waals surface area contributed by atoms with Crippen LogP contribution in [-0.4, -0.2) is 13.4 Å². The molecule has 106 heavy (non-hydrogen) atoms. The van der Waals surface area contributed by atoms with Crippen molar-refractivity contribution in [1.29, 1.82) is 0 Å². The molecule has 0 unspecified atom stereocenters. The van der Waals surface area contributed by atoms with Crippen molar-refractivity contribution in [2.75, 3.05) is 24.5 Å². The molecule has 0 saturated carbocycles. The maximum atomic E-state index is 7.65. The van der Waals surface area contributed by atoms with Gasteiger partial charge in [-0.3, -0.25) is 0 Å². The van der Waals surface area contributed by atoms with Gasteiger partial charge in [0.1, 0.15) is 11.5 Å². The Morgan fingerprint density at radius 3 is 1.36 bits per heavy atom. The van der Waals surface area contributed by atoms with E-state index in [2.05, 4.69) is 395 Å². The smallest absolute Gasteiger partial charge is 0.256 e. The third-order valence-corrected chi connectivity index (χ3v) is 24.4. The predicted molar refractivity (Wildman–Crippen MR) is 452 cm³/mol. The van der Waals surface area contributed by atoms with Crippen LogP contribution in [0.3, 0.4) is 0 Å². The normalized spacial score (nSPS) is 12.9. The molecule has 0 saturated heterocycles. The molecule has 0 fully saturated rings. The lowest BCUT2D eigenvalue weighted by Gasteiger charge is -2.47. The zero-order valence-electron chi connectivity index (χ0n) is 57.3. The first-order chi connectivity index (χ1) is 52.6. The number of benzene rings is 16. The van der Waals surface area contributed by atoms with Gasteiger partial charge in [0.05, 0.1) is 37.8 Å². The van der Waals surface area contributed by atoms with Gasteiger partial charge >= 0.3 is 0 Å². The minimum atomic E-state index is -0.284. The molecule has 494 valence electrons. The lowest BCUT2D eigenvalue weighted by atomic mass is 9.30. The molecule has 0 amide bonds. The Kier molecular flexibility index (Phi) is 13.8. The highest BCUT2D eigenvalue weighted by Crippen LogP contribution is 2.56. The fraction of sp³-hybridized carbons (Fsp3) is 0. The molecule has 6 heterocycles. The molecule has 10 heteroatoms. The van der Waals surface area contributed by atoms with Crippen molar-refractivity contribution < 1.29 is 4.74 Å². The number of para-hydroxylation sites is 7. The second kappa shape index (κ2) is 24.3. The van der Waals surface area contributed by atoms with Crippen LogP contribution < -0.4 is 62.0 Å². The number of anilines is 15. The number of hydrogen-bond acceptors (Lipinski definition) is 8. The Labute approximate surface area is 623 Å². The Hall–Kier alpha value is -13.1. The molecule has 18 aromatic rings. The van der Waals surface area contributed by atoms with Crippen LogP contribution in [-0.2, 0) is 0 Å². The van der Waals surface area contributed by atoms with Gasteiger partial charge < -0.3 is 29.2 Å². The van der Waals surface area contributed by atoms with Gasteiger partial charge in [0, 0.05) is 105 Å². The molecule has 0 radical (unpaired) electrons. The molecule has 6 nitrogen and oxygen atoms in total. The molecule has 0 aliphatic carbocycles. The van der Waals surface area contributed by atoms with Crippen LogP contribution in [0.1, 0.15) is 0 Å². The number of thiophene rings is 2. The number of rotatable bonds is 11. The van der Waals surface area contributed by atoms with Crippen molar-refractivity contribution in [2.24, 2.45) is 0 Å². The number of nitrogens with zero attached hydrogens (tertiary/aromatic N) is 5. The van der Waals surface area contributed by atoms with Crippen molar-refractivity contribution in [3.63, 3.8) is 0 Å². The van der Waals surface area contributed by atoms with Crippen LogP contribution in [0.15, 0.2) is 370 Å². The average molecular weight is 1390 g/mol. The monoisotopic (exact) mass is 1390 g/mol. The van der Waals surface area contributed by atoms with Gasteiger partial charge in [-0.05, 0) is 153 Å². The zero-order valence-corrected chi connectivity index (χ0v) is 59.0. The Bertz CT molecular complexity index is 6460. The first kappa shape index (κ1) is 60.5. The van der Waals surface area contributed by atoms with Crippen molar-refractivity contribution in [3.05, 3.63) is 370 Å². The van der Waals surface area contributed by atoms with Gasteiger partial charge in [0.25, 0.3) is 13.4 Å². The molecule has 0 spiro atoms. The summed E-state index contributed by atoms with van der Waals surface area (Å²) in [5.41, 5.74) is 27.7. The average Bonchev–Trinajstić information content (AvgIpc) is 0.877. The van der Waals surface area contributed by atoms with Crippen LogP contribution in [0, 0.1) is 0 Å². The summed E-state index contributed by atoms with van der Waals surface area (Å²) in [6, 6.07) is 137. The van der Waals surface area contributed by atoms with E-state index >= 15 is 0 Å². The largest absolute Gasteiger partial charge is 0.458 e. The Morgan fingerprint density at radius 2 is 0.717 bits per heavy atom. The molecular weight excluding hydrogens is 1320 g/mol. The number of hydrogen-bond donors (Lipinski definition) is 0. The van der Waals surface area contributed by atoms with E-state index in [4.69, 9.17) is 4.74 Å². The summed E-state index contributed by atoms with van der Waals surface area (Å²) in [5.74, 6) is 1.66. The lowest BCUT2D eigenvalue weighted by Crippen LogP contribution is -2.64. The number of ether oxygens (including phenoxy) is 1. The third kappa shape index (κ3) is 9.31. The summed E-state index contributed by atoms with van der Waals surface area (Å²) in [5, 5.41) is 4.95. The molecular formula is C96H61B2N5OS2. The van der Waals surface area contributed by atoms with E-state index in [0.29, 0.717) is 0 Å². The van der Waals surface area contributed by atoms with E-state index in [1.54, 1.807) is 0 Å². The Morgan fingerprint density at radius 1 is 0.264 bits per heavy atom. The summed E-state index contributed by atoms with van der Waals surface area (Å²) in [6.07, 6.45) is 0. The number of fused-ring (bicyclic) bond motifs is 14. The molecule has 0 N–H and O–H groups in total. The van der Waals surface area contributed by atoms with Gasteiger partial charge in [-0.1, -0.05) is 255 Å². The van der Waals surface area contributed by atoms with Crippen LogP contribution in [0.5, 0.6) is 11.5 Å². The first-order valence-corrected chi connectivity index (χ1v) is 37.9. The second-order valence-electron chi connectivity index (χ2n) is 27.8. The van der Waals surface area contributed by atoms with E-state index in [1.165, 1.54) is 62.2 Å². The molecule has 2 aromatic heterocycles. The summed E-state index contributed by atoms with van der Waals surface area (Å²) in [7, 11) is 0. The van der Waals surface area contributed by atoms with E-state index in [0.717, 1.165) is 130 Å². The maximum absolute atomic E-state index is 7.65. The fourth-order valence-corrected chi connectivity index (χ4v) is 20.0. The highest BCUT2D eigenvalue weighted by molar-refractivity contribution is 7.27. The van der Waals surface area contributed by atoms with E-state index in [-0.39, 0.29) is 13.4 Å². The molecule has 4 aliphatic heterocycles. The highest BCUT2D eigenvalue weighted by atomic mass is 32.1. The SMILES string of the molecule is c1ccc(-c2cccc(-c3ccccc3)c2N2c3cc4c(cc3B3c5ccccc5Oc5cc(N(c6ccccc6)c6cccc7c6sc6ccccc67)cc2c53)B2c3ccccc3N(c3ccccc3)c3cc(N(c5ccccc5)c5ccccc5)cc(c32)N4c2cccc3c2sc2ccccc23)cc1. The molecule has 22 rings (SSSR count). The van der Waals surface area contributed by atoms with E-state index in [9.17, 15) is 0 Å². The second-order valence-corrected chi connectivity index (χ2v) is 29.9. The molecule has 16 aromatic carbocycles. The van der Waals surface area contributed by atoms with Crippen molar-refractivity contribution >= 4 is 195 Å². The van der Waals surface area contributed by atoms with Gasteiger partial charge in [0.15, 0.2) is 0 Å². The van der Waals surface area contributed by atoms with E-state index < -0.39 is 0 Å². The zero-order chi connectivity index (χ0) is 69.5. The minimum absolute atomic E-state index is 0.241. The van der Waals surface area contributed by atoms with Crippen LogP contribution >= 0.6 is 22.7 Å². The predicted octanol–water partition coefficient (Wildman–Crippen LogP) is 23.2. The lowest BCUT2D eigenvalue weighted by molar-refractivity contribution is 0.487. The Balaban J connectivity index is 0.902. The van der Waals surface area contributed by atoms with Gasteiger partial charge in [0.2, 0.25) is 0 Å². The molecule has 0 bridgehead atoms. The van der Waals surface area contributed by atoms with E-state index in [1.807, 2.05) is 22.7 Å². The standard InChI is InChI=1S/C96H61B2N5OS2/c1-7-30-62(31-8-1)70-44-27-45-71(63-32-9-2-10-33-63)94(70)103-84-61-83-78(60-79(84)98-77-49-22-24-53-88(77)104-89-59-69(58-87(103)93(89)98)100(66-38-15-5-16-39-66)81-51-28-46-74-72-42-19-25-54-90(72)105-95(74)81)97-76-48-21-23-50-80(76)101(67-40-17-6-18-41-67)85-56-68(99(64-34-11-3-12-35-64)65-36-13-4-14-37-65)57-86(92(85)97)102(83)82-52-29-47-75-73-43-20-26-55-91(73)106-96(75)82/h1-61H. The highest BCUT2D eigenvalue weighted by Gasteiger charge is 2.49. The summed E-state index contributed by atoms with van der Waals surface area (Å²) >= 11 is 3.73. The maximum Gasteiger partial charge on any atom is 0.256 e. The quantitative estimate of drug-likeness (QED) is 0.120. The van der Waals surface area contributed by atoms with Gasteiger partial charge in [-0.25, -0.2) is 0 Å². The molecule has 4 aliphatic rings. The topological polar surface area (TPSA) is 25.4 Å². The summed E-state index contributed by atoms with van der Waals surface area (Å²) in [4.78, 5) is 12.8. The molecule has 0 atom stereocenters. The minimum Gasteiger partial charge on any atom is -0.458 e. The van der Waals surface area contributed by atoms with Crippen LogP contribution in [0.25, 0.3) is 62.6 Å². The third-order valence-electron chi connectivity index (χ3n) is 22.0. The van der Waals surface area contributed by atoms with Crippen molar-refractivity contribution in [3.8, 4) is 33.8 Å².